The van der Waals surface area contributed by atoms with E-state index in [-0.39, 0.29) is 11.6 Å². The molecule has 0 unspecified atom stereocenters. The second kappa shape index (κ2) is 8.24. The molecule has 0 spiro atoms. The Morgan fingerprint density at radius 2 is 2.09 bits per heavy atom. The van der Waals surface area contributed by atoms with Crippen LogP contribution in [0.3, 0.4) is 0 Å². The molecule has 1 heterocycles. The molecule has 2 N–H and O–H groups in total. The van der Waals surface area contributed by atoms with Gasteiger partial charge in [0.1, 0.15) is 11.5 Å². The van der Waals surface area contributed by atoms with E-state index in [1.54, 1.807) is 13.3 Å². The smallest absolute Gasteiger partial charge is 0.271 e. The largest absolute Gasteiger partial charge is 0.383 e. The predicted molar refractivity (Wildman–Crippen MR) is 90.1 cm³/mol. The number of hydrogen-bond acceptors (Lipinski definition) is 5. The van der Waals surface area contributed by atoms with Crippen molar-refractivity contribution >= 4 is 17.4 Å². The fraction of sp³-hybridized carbons (Fsp3) is 0.353. The summed E-state index contributed by atoms with van der Waals surface area (Å²) in [7, 11) is 1.59. The highest BCUT2D eigenvalue weighted by Gasteiger charge is 2.09. The molecule has 0 fully saturated rings. The molecule has 0 radical (unpaired) electrons. The van der Waals surface area contributed by atoms with Gasteiger partial charge >= 0.3 is 0 Å². The van der Waals surface area contributed by atoms with Gasteiger partial charge in [0.15, 0.2) is 0 Å². The summed E-state index contributed by atoms with van der Waals surface area (Å²) in [6.45, 7) is 5.07. The van der Waals surface area contributed by atoms with Gasteiger partial charge < -0.3 is 15.4 Å². The first-order chi connectivity index (χ1) is 11.2. The molecule has 2 rings (SSSR count). The van der Waals surface area contributed by atoms with Gasteiger partial charge in [-0.2, -0.15) is 0 Å². The molecule has 1 aromatic heterocycles. The number of aryl methyl sites for hydroxylation is 2. The Morgan fingerprint density at radius 3 is 2.74 bits per heavy atom. The van der Waals surface area contributed by atoms with E-state index in [9.17, 15) is 4.79 Å². The molecule has 2 aromatic rings. The molecular formula is C17H22N4O2. The molecule has 23 heavy (non-hydrogen) atoms. The molecule has 0 aliphatic heterocycles. The third-order valence-corrected chi connectivity index (χ3v) is 3.47. The number of ether oxygens (including phenoxy) is 1. The Morgan fingerprint density at radius 1 is 1.26 bits per heavy atom. The van der Waals surface area contributed by atoms with Crippen LogP contribution in [0.2, 0.25) is 0 Å². The van der Waals surface area contributed by atoms with Crippen molar-refractivity contribution in [3.63, 3.8) is 0 Å². The molecule has 122 valence electrons. The average molecular weight is 314 g/mol. The number of nitrogens with one attached hydrogen (secondary N) is 2. The molecule has 0 aliphatic rings. The molecule has 0 saturated heterocycles. The number of methoxy groups -OCH3 is 1. The summed E-state index contributed by atoms with van der Waals surface area (Å²) in [4.78, 5) is 20.3. The normalized spacial score (nSPS) is 10.4. The van der Waals surface area contributed by atoms with E-state index in [2.05, 4.69) is 33.6 Å². The van der Waals surface area contributed by atoms with E-state index in [1.165, 1.54) is 11.8 Å². The zero-order valence-corrected chi connectivity index (χ0v) is 13.7. The van der Waals surface area contributed by atoms with Crippen LogP contribution in [0, 0.1) is 6.92 Å². The standard InChI is InChI=1S/C17H22N4O2/c1-4-13-7-5-6-12(2)16(13)21-15-11-19-14(10-20-15)17(22)18-8-9-23-3/h5-7,10-11H,4,8-9H2,1-3H3,(H,18,22)(H,20,21). The molecule has 0 bridgehead atoms. The maximum atomic E-state index is 11.9. The molecule has 6 heteroatoms. The Labute approximate surface area is 136 Å². The summed E-state index contributed by atoms with van der Waals surface area (Å²) in [6.07, 6.45) is 3.96. The van der Waals surface area contributed by atoms with Crippen LogP contribution < -0.4 is 10.6 Å². The number of anilines is 2. The van der Waals surface area contributed by atoms with Crippen LogP contribution in [0.15, 0.2) is 30.6 Å². The number of carbonyl (C=O) groups excluding carboxylic acids is 1. The minimum atomic E-state index is -0.258. The van der Waals surface area contributed by atoms with Crippen LogP contribution in [0.25, 0.3) is 0 Å². The van der Waals surface area contributed by atoms with Gasteiger partial charge in [-0.3, -0.25) is 4.79 Å². The summed E-state index contributed by atoms with van der Waals surface area (Å²) in [5.74, 6) is 0.355. The van der Waals surface area contributed by atoms with Crippen LogP contribution in [0.1, 0.15) is 28.5 Å². The fourth-order valence-corrected chi connectivity index (χ4v) is 2.20. The summed E-state index contributed by atoms with van der Waals surface area (Å²) < 4.78 is 4.89. The number of carbonyl (C=O) groups is 1. The quantitative estimate of drug-likeness (QED) is 0.768. The summed E-state index contributed by atoms with van der Waals surface area (Å²) in [6, 6.07) is 6.17. The van der Waals surface area contributed by atoms with Gasteiger partial charge in [0, 0.05) is 19.3 Å². The van der Waals surface area contributed by atoms with Crippen LogP contribution in [-0.2, 0) is 11.2 Å². The van der Waals surface area contributed by atoms with Gasteiger partial charge in [0.25, 0.3) is 5.91 Å². The van der Waals surface area contributed by atoms with E-state index in [0.29, 0.717) is 19.0 Å². The molecule has 0 atom stereocenters. The first kappa shape index (κ1) is 16.9. The third kappa shape index (κ3) is 4.50. The van der Waals surface area contributed by atoms with Gasteiger partial charge in [-0.25, -0.2) is 9.97 Å². The maximum absolute atomic E-state index is 11.9. The number of benzene rings is 1. The lowest BCUT2D eigenvalue weighted by Gasteiger charge is -2.13. The number of rotatable bonds is 7. The average Bonchev–Trinajstić information content (AvgIpc) is 2.57. The summed E-state index contributed by atoms with van der Waals surface area (Å²) in [5, 5.41) is 5.99. The summed E-state index contributed by atoms with van der Waals surface area (Å²) in [5.41, 5.74) is 3.69. The SMILES string of the molecule is CCc1cccc(C)c1Nc1cnc(C(=O)NCCOC)cn1. The Bertz CT molecular complexity index is 656. The number of para-hydroxylation sites is 1. The minimum Gasteiger partial charge on any atom is -0.383 e. The molecule has 1 aromatic carbocycles. The Hall–Kier alpha value is -2.47. The minimum absolute atomic E-state index is 0.258. The van der Waals surface area contributed by atoms with E-state index < -0.39 is 0 Å². The lowest BCUT2D eigenvalue weighted by molar-refractivity contribution is 0.0932. The van der Waals surface area contributed by atoms with E-state index in [0.717, 1.165) is 17.7 Å². The van der Waals surface area contributed by atoms with Gasteiger partial charge in [-0.05, 0) is 24.5 Å². The number of aromatic nitrogens is 2. The van der Waals surface area contributed by atoms with Crippen LogP contribution in [-0.4, -0.2) is 36.1 Å². The van der Waals surface area contributed by atoms with Crippen molar-refractivity contribution in [2.75, 3.05) is 25.6 Å². The maximum Gasteiger partial charge on any atom is 0.271 e. The Kier molecular flexibility index (Phi) is 6.05. The van der Waals surface area contributed by atoms with Crippen molar-refractivity contribution in [2.45, 2.75) is 20.3 Å². The van der Waals surface area contributed by atoms with Crippen molar-refractivity contribution in [3.8, 4) is 0 Å². The first-order valence-corrected chi connectivity index (χ1v) is 7.60. The van der Waals surface area contributed by atoms with Crippen molar-refractivity contribution in [1.82, 2.24) is 15.3 Å². The van der Waals surface area contributed by atoms with Gasteiger partial charge in [-0.1, -0.05) is 25.1 Å². The highest BCUT2D eigenvalue weighted by atomic mass is 16.5. The van der Waals surface area contributed by atoms with Gasteiger partial charge in [0.2, 0.25) is 0 Å². The lowest BCUT2D eigenvalue weighted by atomic mass is 10.1. The van der Waals surface area contributed by atoms with Crippen LogP contribution >= 0.6 is 0 Å². The van der Waals surface area contributed by atoms with Crippen LogP contribution in [0.4, 0.5) is 11.5 Å². The van der Waals surface area contributed by atoms with Crippen molar-refractivity contribution in [2.24, 2.45) is 0 Å². The van der Waals surface area contributed by atoms with E-state index in [4.69, 9.17) is 4.74 Å². The third-order valence-electron chi connectivity index (χ3n) is 3.47. The number of amides is 1. The highest BCUT2D eigenvalue weighted by molar-refractivity contribution is 5.92. The number of hydrogen-bond donors (Lipinski definition) is 2. The predicted octanol–water partition coefficient (Wildman–Crippen LogP) is 2.47. The molecule has 1 amide bonds. The zero-order valence-electron chi connectivity index (χ0n) is 13.7. The topological polar surface area (TPSA) is 76.1 Å². The van der Waals surface area contributed by atoms with Gasteiger partial charge in [0.05, 0.1) is 19.0 Å². The second-order valence-corrected chi connectivity index (χ2v) is 5.12. The highest BCUT2D eigenvalue weighted by Crippen LogP contribution is 2.24. The molecule has 0 saturated carbocycles. The molecule has 0 aliphatic carbocycles. The van der Waals surface area contributed by atoms with Crippen LogP contribution in [0.5, 0.6) is 0 Å². The first-order valence-electron chi connectivity index (χ1n) is 7.60. The van der Waals surface area contributed by atoms with Crippen molar-refractivity contribution in [1.29, 1.82) is 0 Å². The van der Waals surface area contributed by atoms with Crippen molar-refractivity contribution in [3.05, 3.63) is 47.4 Å². The second-order valence-electron chi connectivity index (χ2n) is 5.12. The van der Waals surface area contributed by atoms with Gasteiger partial charge in [-0.15, -0.1) is 0 Å². The van der Waals surface area contributed by atoms with Crippen molar-refractivity contribution < 1.29 is 9.53 Å². The summed E-state index contributed by atoms with van der Waals surface area (Å²) >= 11 is 0. The molecule has 6 nitrogen and oxygen atoms in total. The number of nitrogens with zero attached hydrogens (tertiary/aromatic N) is 2. The molecular weight excluding hydrogens is 292 g/mol. The fourth-order valence-electron chi connectivity index (χ4n) is 2.20. The Balaban J connectivity index is 2.07. The van der Waals surface area contributed by atoms with E-state index >= 15 is 0 Å². The van der Waals surface area contributed by atoms with E-state index in [1.807, 2.05) is 19.1 Å². The monoisotopic (exact) mass is 314 g/mol. The lowest BCUT2D eigenvalue weighted by Crippen LogP contribution is -2.27. The zero-order chi connectivity index (χ0) is 16.7.